The van der Waals surface area contributed by atoms with E-state index in [0.29, 0.717) is 37.8 Å². The van der Waals surface area contributed by atoms with E-state index >= 15 is 0 Å². The zero-order valence-electron chi connectivity index (χ0n) is 13.9. The van der Waals surface area contributed by atoms with Crippen molar-refractivity contribution >= 4 is 11.9 Å². The maximum Gasteiger partial charge on any atom is 0.352 e. The first-order valence-electron chi connectivity index (χ1n) is 7.41. The summed E-state index contributed by atoms with van der Waals surface area (Å²) in [5, 5.41) is 30.3. The number of nitrogens with one attached hydrogen (secondary N) is 4. The Morgan fingerprint density at radius 2 is 1.16 bits per heavy atom. The van der Waals surface area contributed by atoms with Crippen molar-refractivity contribution in [2.45, 2.75) is 0 Å². The monoisotopic (exact) mass is 346 g/mol. The molecule has 0 saturated carbocycles. The first kappa shape index (κ1) is 17.9. The van der Waals surface area contributed by atoms with E-state index in [1.807, 2.05) is 12.1 Å². The van der Waals surface area contributed by atoms with E-state index in [1.54, 1.807) is 0 Å². The SMILES string of the molecule is COC(=O)C(C#N)=C1NCC2(CN1)CNC(=C(C#N)C(=O)OC)NC2. The average Bonchev–Trinajstić information content (AvgIpc) is 2.65. The van der Waals surface area contributed by atoms with Crippen molar-refractivity contribution in [1.82, 2.24) is 21.3 Å². The molecule has 4 N–H and O–H groups in total. The largest absolute Gasteiger partial charge is 0.465 e. The Morgan fingerprint density at radius 1 is 0.840 bits per heavy atom. The number of hydrogen-bond acceptors (Lipinski definition) is 10. The summed E-state index contributed by atoms with van der Waals surface area (Å²) in [4.78, 5) is 23.1. The van der Waals surface area contributed by atoms with Crippen LogP contribution in [-0.4, -0.2) is 52.3 Å². The van der Waals surface area contributed by atoms with Gasteiger partial charge in [-0.1, -0.05) is 0 Å². The summed E-state index contributed by atoms with van der Waals surface area (Å²) in [5.41, 5.74) is -0.514. The average molecular weight is 346 g/mol. The summed E-state index contributed by atoms with van der Waals surface area (Å²) in [6, 6.07) is 3.63. The highest BCUT2D eigenvalue weighted by atomic mass is 16.5. The molecule has 0 atom stereocenters. The molecule has 2 saturated heterocycles. The smallest absolute Gasteiger partial charge is 0.352 e. The number of esters is 2. The Kier molecular flexibility index (Phi) is 5.35. The number of methoxy groups -OCH3 is 2. The molecule has 0 aromatic heterocycles. The van der Waals surface area contributed by atoms with Gasteiger partial charge in [-0.2, -0.15) is 10.5 Å². The first-order valence-corrected chi connectivity index (χ1v) is 7.41. The zero-order chi connectivity index (χ0) is 18.4. The molecule has 10 nitrogen and oxygen atoms in total. The molecule has 0 amide bonds. The van der Waals surface area contributed by atoms with Gasteiger partial charge in [0, 0.05) is 31.6 Å². The third kappa shape index (κ3) is 3.58. The second kappa shape index (κ2) is 7.45. The minimum absolute atomic E-state index is 0.118. The zero-order valence-corrected chi connectivity index (χ0v) is 13.9. The van der Waals surface area contributed by atoms with Gasteiger partial charge in [-0.3, -0.25) is 0 Å². The molecule has 2 aliphatic rings. The van der Waals surface area contributed by atoms with Crippen molar-refractivity contribution in [3.8, 4) is 12.1 Å². The maximum absolute atomic E-state index is 11.6. The fourth-order valence-electron chi connectivity index (χ4n) is 2.57. The molecule has 0 radical (unpaired) electrons. The Bertz CT molecular complexity index is 642. The van der Waals surface area contributed by atoms with E-state index < -0.39 is 11.9 Å². The van der Waals surface area contributed by atoms with Crippen LogP contribution in [0.3, 0.4) is 0 Å². The predicted octanol–water partition coefficient (Wildman–Crippen LogP) is -1.83. The van der Waals surface area contributed by atoms with Crippen LogP contribution in [0.25, 0.3) is 0 Å². The summed E-state index contributed by atoms with van der Waals surface area (Å²) >= 11 is 0. The van der Waals surface area contributed by atoms with Crippen LogP contribution < -0.4 is 21.3 Å². The molecule has 2 heterocycles. The van der Waals surface area contributed by atoms with Crippen molar-refractivity contribution in [3.63, 3.8) is 0 Å². The lowest BCUT2D eigenvalue weighted by molar-refractivity contribution is -0.136. The second-order valence-electron chi connectivity index (χ2n) is 5.62. The molecular formula is C15H18N6O4. The van der Waals surface area contributed by atoms with E-state index in [2.05, 4.69) is 30.7 Å². The van der Waals surface area contributed by atoms with Gasteiger partial charge in [-0.15, -0.1) is 0 Å². The number of rotatable bonds is 2. The Labute approximate surface area is 144 Å². The highest BCUT2D eigenvalue weighted by Crippen LogP contribution is 2.23. The summed E-state index contributed by atoms with van der Waals surface area (Å²) in [6.45, 7) is 1.91. The minimum atomic E-state index is -0.713. The van der Waals surface area contributed by atoms with E-state index in [9.17, 15) is 9.59 Å². The summed E-state index contributed by atoms with van der Waals surface area (Å²) in [7, 11) is 2.42. The Morgan fingerprint density at radius 3 is 1.40 bits per heavy atom. The third-order valence-corrected chi connectivity index (χ3v) is 4.06. The highest BCUT2D eigenvalue weighted by Gasteiger charge is 2.38. The normalized spacial score (nSPS) is 21.3. The molecule has 10 heteroatoms. The van der Waals surface area contributed by atoms with Crippen molar-refractivity contribution in [3.05, 3.63) is 22.8 Å². The Hall–Kier alpha value is -3.40. The molecule has 0 aromatic rings. The second-order valence-corrected chi connectivity index (χ2v) is 5.62. The Balaban J connectivity index is 2.08. The maximum atomic E-state index is 11.6. The van der Waals surface area contributed by atoms with Gasteiger partial charge in [0.25, 0.3) is 0 Å². The molecule has 0 aromatic carbocycles. The van der Waals surface area contributed by atoms with Crippen LogP contribution in [0.15, 0.2) is 22.8 Å². The summed E-state index contributed by atoms with van der Waals surface area (Å²) < 4.78 is 9.15. The van der Waals surface area contributed by atoms with Crippen molar-refractivity contribution in [2.75, 3.05) is 40.4 Å². The topological polar surface area (TPSA) is 148 Å². The molecule has 0 aliphatic carbocycles. The van der Waals surface area contributed by atoms with Crippen LogP contribution in [0.2, 0.25) is 0 Å². The molecule has 2 rings (SSSR count). The van der Waals surface area contributed by atoms with Crippen LogP contribution in [0.1, 0.15) is 0 Å². The van der Waals surface area contributed by atoms with Gasteiger partial charge in [0.05, 0.1) is 14.2 Å². The third-order valence-electron chi connectivity index (χ3n) is 4.06. The fraction of sp³-hybridized carbons (Fsp3) is 0.467. The molecule has 2 aliphatic heterocycles. The van der Waals surface area contributed by atoms with Crippen LogP contribution in [0, 0.1) is 28.1 Å². The van der Waals surface area contributed by atoms with Gasteiger partial charge in [0.1, 0.15) is 23.8 Å². The van der Waals surface area contributed by atoms with Crippen LogP contribution in [0.5, 0.6) is 0 Å². The van der Waals surface area contributed by atoms with Gasteiger partial charge in [-0.25, -0.2) is 9.59 Å². The first-order chi connectivity index (χ1) is 12.0. The fourth-order valence-corrected chi connectivity index (χ4v) is 2.57. The van der Waals surface area contributed by atoms with Gasteiger partial charge < -0.3 is 30.7 Å². The van der Waals surface area contributed by atoms with Crippen molar-refractivity contribution < 1.29 is 19.1 Å². The molecule has 132 valence electrons. The molecule has 1 spiro atoms. The molecule has 0 bridgehead atoms. The number of nitriles is 2. The number of ether oxygens (including phenoxy) is 2. The quantitative estimate of drug-likeness (QED) is 0.256. The number of carbonyl (C=O) groups is 2. The lowest BCUT2D eigenvalue weighted by Gasteiger charge is -2.43. The lowest BCUT2D eigenvalue weighted by Crippen LogP contribution is -2.62. The van der Waals surface area contributed by atoms with Crippen LogP contribution >= 0.6 is 0 Å². The number of hydrogen-bond donors (Lipinski definition) is 4. The standard InChI is InChI=1S/C15H18N6O4/c1-24-13(22)9(3-16)11-18-5-15(6-19-11)7-20-12(21-8-15)10(4-17)14(23)25-2/h18-21H,5-8H2,1-2H3. The molecular weight excluding hydrogens is 328 g/mol. The van der Waals surface area contributed by atoms with Gasteiger partial charge in [0.15, 0.2) is 11.1 Å². The lowest BCUT2D eigenvalue weighted by atomic mass is 9.84. The van der Waals surface area contributed by atoms with Gasteiger partial charge >= 0.3 is 11.9 Å². The van der Waals surface area contributed by atoms with E-state index in [4.69, 9.17) is 10.5 Å². The molecule has 0 unspecified atom stereocenters. The van der Waals surface area contributed by atoms with Gasteiger partial charge in [-0.05, 0) is 0 Å². The summed E-state index contributed by atoms with van der Waals surface area (Å²) in [6.07, 6.45) is 0. The molecule has 25 heavy (non-hydrogen) atoms. The number of nitrogens with zero attached hydrogens (tertiary/aromatic N) is 2. The van der Waals surface area contributed by atoms with Crippen molar-refractivity contribution in [1.29, 1.82) is 10.5 Å². The predicted molar refractivity (Wildman–Crippen MR) is 83.8 cm³/mol. The van der Waals surface area contributed by atoms with Crippen LogP contribution in [-0.2, 0) is 19.1 Å². The van der Waals surface area contributed by atoms with E-state index in [-0.39, 0.29) is 16.6 Å². The van der Waals surface area contributed by atoms with E-state index in [0.717, 1.165) is 0 Å². The van der Waals surface area contributed by atoms with E-state index in [1.165, 1.54) is 14.2 Å². The van der Waals surface area contributed by atoms with Gasteiger partial charge in [0.2, 0.25) is 0 Å². The van der Waals surface area contributed by atoms with Crippen LogP contribution in [0.4, 0.5) is 0 Å². The number of carbonyl (C=O) groups excluding carboxylic acids is 2. The minimum Gasteiger partial charge on any atom is -0.465 e. The highest BCUT2D eigenvalue weighted by molar-refractivity contribution is 5.93. The van der Waals surface area contributed by atoms with Crippen molar-refractivity contribution in [2.24, 2.45) is 5.41 Å². The molecule has 2 fully saturated rings. The summed E-state index contributed by atoms with van der Waals surface area (Å²) in [5.74, 6) is -0.771.